The van der Waals surface area contributed by atoms with Crippen LogP contribution in [0.1, 0.15) is 46.6 Å². The second-order valence-electron chi connectivity index (χ2n) is 8.44. The summed E-state index contributed by atoms with van der Waals surface area (Å²) in [6.07, 6.45) is 2.82. The Morgan fingerprint density at radius 3 is 2.62 bits per heavy atom. The number of rotatable bonds is 5. The molecule has 1 aliphatic rings. The minimum Gasteiger partial charge on any atom is -0.478 e. The molecule has 4 N–H and O–H groups in total. The summed E-state index contributed by atoms with van der Waals surface area (Å²) in [5.74, 6) is 4.82. The normalized spacial score (nSPS) is 15.1. The van der Waals surface area contributed by atoms with Crippen LogP contribution in [0.4, 0.5) is 0 Å². The lowest BCUT2D eigenvalue weighted by Crippen LogP contribution is -2.22. The number of fused-ring (bicyclic) bond motifs is 1. The Bertz CT molecular complexity index is 1050. The molecule has 0 fully saturated rings. The van der Waals surface area contributed by atoms with Crippen molar-refractivity contribution in [2.75, 3.05) is 0 Å². The van der Waals surface area contributed by atoms with Gasteiger partial charge in [-0.2, -0.15) is 0 Å². The van der Waals surface area contributed by atoms with E-state index in [1.807, 2.05) is 30.3 Å². The van der Waals surface area contributed by atoms with Crippen LogP contribution in [0, 0.1) is 5.41 Å². The molecule has 29 heavy (non-hydrogen) atoms. The highest BCUT2D eigenvalue weighted by molar-refractivity contribution is 7.16. The topological polar surface area (TPSA) is 75.3 Å². The van der Waals surface area contributed by atoms with E-state index >= 15 is 0 Å². The van der Waals surface area contributed by atoms with Crippen LogP contribution < -0.4 is 11.3 Å². The van der Waals surface area contributed by atoms with E-state index in [1.165, 1.54) is 4.88 Å². The van der Waals surface area contributed by atoms with Crippen molar-refractivity contribution in [3.63, 3.8) is 0 Å². The van der Waals surface area contributed by atoms with E-state index in [1.54, 1.807) is 11.3 Å². The molecule has 0 saturated carbocycles. The molecule has 1 aromatic heterocycles. The van der Waals surface area contributed by atoms with Crippen LogP contribution in [0.5, 0.6) is 0 Å². The number of aryl methyl sites for hydroxylation is 1. The third-order valence-electron chi connectivity index (χ3n) is 5.74. The summed E-state index contributed by atoms with van der Waals surface area (Å²) in [5, 5.41) is 10.2. The van der Waals surface area contributed by atoms with E-state index < -0.39 is 5.97 Å². The zero-order chi connectivity index (χ0) is 20.6. The molecule has 4 nitrogen and oxygen atoms in total. The Morgan fingerprint density at radius 1 is 1.17 bits per heavy atom. The summed E-state index contributed by atoms with van der Waals surface area (Å²) in [4.78, 5) is 14.5. The number of carbonyl (C=O) groups is 1. The minimum atomic E-state index is -0.843. The molecule has 0 saturated heterocycles. The van der Waals surface area contributed by atoms with Gasteiger partial charge in [-0.15, -0.1) is 11.3 Å². The van der Waals surface area contributed by atoms with Crippen LogP contribution in [0.2, 0.25) is 0 Å². The first-order valence-electron chi connectivity index (χ1n) is 9.90. The molecule has 2 aromatic carbocycles. The van der Waals surface area contributed by atoms with E-state index in [0.29, 0.717) is 12.1 Å². The molecule has 0 spiro atoms. The highest BCUT2D eigenvalue weighted by atomic mass is 32.1. The van der Waals surface area contributed by atoms with E-state index in [4.69, 9.17) is 5.84 Å². The van der Waals surface area contributed by atoms with Crippen LogP contribution in [-0.2, 0) is 19.4 Å². The van der Waals surface area contributed by atoms with Gasteiger partial charge in [-0.3, -0.25) is 11.3 Å². The van der Waals surface area contributed by atoms with Crippen molar-refractivity contribution in [1.29, 1.82) is 0 Å². The maximum Gasteiger partial charge on any atom is 0.337 e. The second-order valence-corrected chi connectivity index (χ2v) is 9.55. The first kappa shape index (κ1) is 19.8. The molecule has 0 atom stereocenters. The molecule has 0 radical (unpaired) electrons. The molecule has 0 amide bonds. The molecule has 5 heteroatoms. The van der Waals surface area contributed by atoms with Crippen molar-refractivity contribution in [1.82, 2.24) is 5.43 Å². The number of thiophene rings is 1. The van der Waals surface area contributed by atoms with Crippen LogP contribution >= 0.6 is 11.3 Å². The van der Waals surface area contributed by atoms with Crippen LogP contribution in [0.25, 0.3) is 21.6 Å². The van der Waals surface area contributed by atoms with Crippen LogP contribution in [-0.4, -0.2) is 11.1 Å². The number of hydrogen-bond acceptors (Lipinski definition) is 4. The van der Waals surface area contributed by atoms with Gasteiger partial charge in [0.25, 0.3) is 0 Å². The van der Waals surface area contributed by atoms with Crippen LogP contribution in [0.15, 0.2) is 48.5 Å². The van der Waals surface area contributed by atoms with E-state index in [0.717, 1.165) is 52.0 Å². The maximum atomic E-state index is 12.4. The summed E-state index contributed by atoms with van der Waals surface area (Å²) in [7, 11) is 0. The van der Waals surface area contributed by atoms with Gasteiger partial charge in [0, 0.05) is 17.0 Å². The summed E-state index contributed by atoms with van der Waals surface area (Å²) >= 11 is 1.64. The first-order valence-corrected chi connectivity index (χ1v) is 10.7. The van der Waals surface area contributed by atoms with Crippen molar-refractivity contribution in [2.24, 2.45) is 11.3 Å². The SMILES string of the molecule is CC1(C)CCc2sc(-c3c(CNN)cccc3-c3ccccc3)c(C(=O)O)c2C1. The largest absolute Gasteiger partial charge is 0.478 e. The zero-order valence-corrected chi connectivity index (χ0v) is 17.6. The Kier molecular flexibility index (Phi) is 5.30. The van der Waals surface area contributed by atoms with Crippen molar-refractivity contribution in [2.45, 2.75) is 39.7 Å². The number of aromatic carboxylic acids is 1. The number of hydrazine groups is 1. The molecule has 0 bridgehead atoms. The van der Waals surface area contributed by atoms with Crippen molar-refractivity contribution in [3.8, 4) is 21.6 Å². The number of nitrogens with one attached hydrogen (secondary N) is 1. The number of nitrogens with two attached hydrogens (primary N) is 1. The van der Waals surface area contributed by atoms with Crippen molar-refractivity contribution >= 4 is 17.3 Å². The van der Waals surface area contributed by atoms with E-state index in [2.05, 4.69) is 37.5 Å². The van der Waals surface area contributed by atoms with Crippen LogP contribution in [0.3, 0.4) is 0 Å². The highest BCUT2D eigenvalue weighted by Crippen LogP contribution is 2.48. The summed E-state index contributed by atoms with van der Waals surface area (Å²) in [5.41, 5.74) is 8.46. The number of carboxylic acid groups (broad SMARTS) is 1. The van der Waals surface area contributed by atoms with Gasteiger partial charge >= 0.3 is 5.97 Å². The third kappa shape index (κ3) is 3.73. The van der Waals surface area contributed by atoms with Gasteiger partial charge in [0.15, 0.2) is 0 Å². The minimum absolute atomic E-state index is 0.121. The summed E-state index contributed by atoms with van der Waals surface area (Å²) in [6, 6.07) is 16.2. The molecule has 150 valence electrons. The smallest absolute Gasteiger partial charge is 0.337 e. The molecular formula is C24H26N2O2S. The first-order chi connectivity index (χ1) is 13.9. The Labute approximate surface area is 175 Å². The van der Waals surface area contributed by atoms with Gasteiger partial charge in [0.05, 0.1) is 10.4 Å². The number of hydrogen-bond donors (Lipinski definition) is 3. The average molecular weight is 407 g/mol. The maximum absolute atomic E-state index is 12.4. The highest BCUT2D eigenvalue weighted by Gasteiger charge is 2.34. The fraction of sp³-hybridized carbons (Fsp3) is 0.292. The molecule has 0 aliphatic heterocycles. The Morgan fingerprint density at radius 2 is 1.93 bits per heavy atom. The fourth-order valence-electron chi connectivity index (χ4n) is 4.31. The number of benzene rings is 2. The lowest BCUT2D eigenvalue weighted by atomic mass is 9.75. The monoisotopic (exact) mass is 406 g/mol. The average Bonchev–Trinajstić information content (AvgIpc) is 3.06. The molecule has 0 unspecified atom stereocenters. The molecule has 1 aliphatic carbocycles. The predicted molar refractivity (Wildman–Crippen MR) is 119 cm³/mol. The molecular weight excluding hydrogens is 380 g/mol. The zero-order valence-electron chi connectivity index (χ0n) is 16.8. The van der Waals surface area contributed by atoms with Gasteiger partial charge in [0.1, 0.15) is 0 Å². The fourth-order valence-corrected chi connectivity index (χ4v) is 5.71. The Hall–Kier alpha value is -2.47. The Balaban J connectivity index is 2.00. The molecule has 4 rings (SSSR count). The standard InChI is InChI=1S/C24H26N2O2S/c1-24(2)12-11-19-18(13-24)21(23(27)28)22(29-19)20-16(14-26-25)9-6-10-17(20)15-7-4-3-5-8-15/h3-10,26H,11-14,25H2,1-2H3,(H,27,28). The van der Waals surface area contributed by atoms with Gasteiger partial charge in [-0.05, 0) is 46.9 Å². The number of carboxylic acids is 1. The summed E-state index contributed by atoms with van der Waals surface area (Å²) < 4.78 is 0. The quantitative estimate of drug-likeness (QED) is 0.399. The van der Waals surface area contributed by atoms with Crippen molar-refractivity contribution < 1.29 is 9.90 Å². The lowest BCUT2D eigenvalue weighted by molar-refractivity contribution is 0.0696. The lowest BCUT2D eigenvalue weighted by Gasteiger charge is -2.29. The van der Waals surface area contributed by atoms with Gasteiger partial charge in [-0.25, -0.2) is 4.79 Å². The van der Waals surface area contributed by atoms with Crippen molar-refractivity contribution in [3.05, 3.63) is 70.1 Å². The summed E-state index contributed by atoms with van der Waals surface area (Å²) in [6.45, 7) is 4.92. The van der Waals surface area contributed by atoms with Gasteiger partial charge in [-0.1, -0.05) is 62.4 Å². The third-order valence-corrected chi connectivity index (χ3v) is 7.05. The van der Waals surface area contributed by atoms with Gasteiger partial charge < -0.3 is 5.11 Å². The van der Waals surface area contributed by atoms with Gasteiger partial charge in [0.2, 0.25) is 0 Å². The molecule has 3 aromatic rings. The molecule has 1 heterocycles. The van der Waals surface area contributed by atoms with E-state index in [9.17, 15) is 9.90 Å². The predicted octanol–water partition coefficient (Wildman–Crippen LogP) is 5.26. The van der Waals surface area contributed by atoms with E-state index in [-0.39, 0.29) is 5.41 Å². The second kappa shape index (κ2) is 7.75.